The van der Waals surface area contributed by atoms with Crippen LogP contribution in [0, 0.1) is 5.82 Å². The normalized spacial score (nSPS) is 20.2. The highest BCUT2D eigenvalue weighted by Gasteiger charge is 2.17. The van der Waals surface area contributed by atoms with Gasteiger partial charge in [0.1, 0.15) is 5.82 Å². The van der Waals surface area contributed by atoms with Crippen LogP contribution in [-0.2, 0) is 6.42 Å². The monoisotopic (exact) mass is 239 g/mol. The van der Waals surface area contributed by atoms with Gasteiger partial charge < -0.3 is 15.2 Å². The molecule has 1 fully saturated rings. The van der Waals surface area contributed by atoms with Gasteiger partial charge in [0.15, 0.2) is 11.5 Å². The number of nitrogens with one attached hydrogen (secondary N) is 1. The summed E-state index contributed by atoms with van der Waals surface area (Å²) in [6, 6.07) is 3.03. The van der Waals surface area contributed by atoms with Crippen LogP contribution in [-0.4, -0.2) is 24.8 Å². The summed E-state index contributed by atoms with van der Waals surface area (Å²) in [6.45, 7) is 1.00. The number of hydrogen-bond donors (Lipinski definition) is 2. The Balaban J connectivity index is 2.13. The average molecular weight is 239 g/mol. The van der Waals surface area contributed by atoms with Crippen molar-refractivity contribution in [2.24, 2.45) is 0 Å². The van der Waals surface area contributed by atoms with E-state index in [2.05, 4.69) is 5.32 Å². The molecule has 0 amide bonds. The second-order valence-electron chi connectivity index (χ2n) is 4.47. The first-order valence-corrected chi connectivity index (χ1v) is 5.99. The van der Waals surface area contributed by atoms with E-state index in [1.807, 2.05) is 0 Å². The Kier molecular flexibility index (Phi) is 3.84. The van der Waals surface area contributed by atoms with Gasteiger partial charge in [0.25, 0.3) is 0 Å². The fourth-order valence-corrected chi connectivity index (χ4v) is 2.27. The van der Waals surface area contributed by atoms with Gasteiger partial charge in [-0.25, -0.2) is 4.39 Å². The quantitative estimate of drug-likeness (QED) is 0.850. The van der Waals surface area contributed by atoms with E-state index < -0.39 is 0 Å². The highest BCUT2D eigenvalue weighted by molar-refractivity contribution is 5.42. The molecule has 1 atom stereocenters. The summed E-state index contributed by atoms with van der Waals surface area (Å²) in [5.41, 5.74) is 0.596. The van der Waals surface area contributed by atoms with Crippen LogP contribution in [0.5, 0.6) is 11.5 Å². The Morgan fingerprint density at radius 2 is 2.29 bits per heavy atom. The smallest absolute Gasteiger partial charge is 0.160 e. The van der Waals surface area contributed by atoms with Gasteiger partial charge in [0.2, 0.25) is 0 Å². The topological polar surface area (TPSA) is 41.5 Å². The van der Waals surface area contributed by atoms with E-state index in [4.69, 9.17) is 4.74 Å². The molecular formula is C13H18FNO2. The van der Waals surface area contributed by atoms with Gasteiger partial charge in [-0.1, -0.05) is 6.42 Å². The van der Waals surface area contributed by atoms with Crippen LogP contribution in [0.2, 0.25) is 0 Å². The molecular weight excluding hydrogens is 221 g/mol. The van der Waals surface area contributed by atoms with Crippen molar-refractivity contribution in [1.82, 2.24) is 5.32 Å². The summed E-state index contributed by atoms with van der Waals surface area (Å²) in [7, 11) is 1.47. The predicted molar refractivity (Wildman–Crippen MR) is 64.0 cm³/mol. The molecule has 1 aromatic carbocycles. The molecule has 94 valence electrons. The van der Waals surface area contributed by atoms with Crippen molar-refractivity contribution >= 4 is 0 Å². The zero-order valence-electron chi connectivity index (χ0n) is 10.0. The Morgan fingerprint density at radius 1 is 1.47 bits per heavy atom. The lowest BCUT2D eigenvalue weighted by Gasteiger charge is -2.23. The first-order chi connectivity index (χ1) is 8.20. The number of benzene rings is 1. The number of phenolic OH excluding ortho intramolecular Hbond substituents is 1. The third-order valence-corrected chi connectivity index (χ3v) is 3.23. The number of halogens is 1. The minimum atomic E-state index is -0.365. The van der Waals surface area contributed by atoms with Gasteiger partial charge >= 0.3 is 0 Å². The van der Waals surface area contributed by atoms with Crippen LogP contribution in [0.25, 0.3) is 0 Å². The number of rotatable bonds is 3. The van der Waals surface area contributed by atoms with E-state index in [1.165, 1.54) is 20.0 Å². The van der Waals surface area contributed by atoms with Crippen LogP contribution in [0.1, 0.15) is 24.8 Å². The molecule has 1 saturated heterocycles. The van der Waals surface area contributed by atoms with Gasteiger partial charge in [-0.15, -0.1) is 0 Å². The van der Waals surface area contributed by atoms with Crippen LogP contribution in [0.15, 0.2) is 12.1 Å². The summed E-state index contributed by atoms with van der Waals surface area (Å²) >= 11 is 0. The highest BCUT2D eigenvalue weighted by atomic mass is 19.1. The minimum Gasteiger partial charge on any atom is -0.504 e. The molecule has 1 aromatic rings. The first kappa shape index (κ1) is 12.2. The molecule has 0 radical (unpaired) electrons. The van der Waals surface area contributed by atoms with Crippen LogP contribution < -0.4 is 10.1 Å². The lowest BCUT2D eigenvalue weighted by molar-refractivity contribution is 0.366. The maximum atomic E-state index is 13.7. The van der Waals surface area contributed by atoms with Gasteiger partial charge in [0, 0.05) is 12.1 Å². The second-order valence-corrected chi connectivity index (χ2v) is 4.47. The highest BCUT2D eigenvalue weighted by Crippen LogP contribution is 2.29. The SMILES string of the molecule is COc1cc(CC2CCCCN2)c(F)cc1O. The van der Waals surface area contributed by atoms with Gasteiger partial charge in [-0.05, 0) is 37.4 Å². The third-order valence-electron chi connectivity index (χ3n) is 3.23. The number of methoxy groups -OCH3 is 1. The first-order valence-electron chi connectivity index (χ1n) is 5.99. The van der Waals surface area contributed by atoms with Crippen molar-refractivity contribution in [2.75, 3.05) is 13.7 Å². The summed E-state index contributed by atoms with van der Waals surface area (Å²) in [4.78, 5) is 0. The van der Waals surface area contributed by atoms with Crippen molar-refractivity contribution in [3.05, 3.63) is 23.5 Å². The molecule has 17 heavy (non-hydrogen) atoms. The van der Waals surface area contributed by atoms with Gasteiger partial charge in [0.05, 0.1) is 7.11 Å². The standard InChI is InChI=1S/C13H18FNO2/c1-17-13-7-9(11(14)8-12(13)16)6-10-4-2-3-5-15-10/h7-8,10,15-16H,2-6H2,1H3. The molecule has 1 unspecified atom stereocenters. The molecule has 0 spiro atoms. The van der Waals surface area contributed by atoms with Crippen molar-refractivity contribution in [2.45, 2.75) is 31.7 Å². The maximum Gasteiger partial charge on any atom is 0.160 e. The molecule has 0 aliphatic carbocycles. The molecule has 0 saturated carbocycles. The summed E-state index contributed by atoms with van der Waals surface area (Å²) in [5.74, 6) is -0.182. The van der Waals surface area contributed by atoms with E-state index in [0.29, 0.717) is 23.8 Å². The number of ether oxygens (including phenoxy) is 1. The Hall–Kier alpha value is -1.29. The zero-order chi connectivity index (χ0) is 12.3. The van der Waals surface area contributed by atoms with Crippen LogP contribution >= 0.6 is 0 Å². The van der Waals surface area contributed by atoms with Gasteiger partial charge in [-0.2, -0.15) is 0 Å². The van der Waals surface area contributed by atoms with E-state index >= 15 is 0 Å². The van der Waals surface area contributed by atoms with E-state index in [9.17, 15) is 9.50 Å². The molecule has 1 heterocycles. The average Bonchev–Trinajstić information content (AvgIpc) is 2.34. The fraction of sp³-hybridized carbons (Fsp3) is 0.538. The van der Waals surface area contributed by atoms with E-state index in [1.54, 1.807) is 6.07 Å². The molecule has 2 rings (SSSR count). The summed E-state index contributed by atoms with van der Waals surface area (Å²) in [6.07, 6.45) is 4.09. The van der Waals surface area contributed by atoms with Crippen molar-refractivity contribution in [3.8, 4) is 11.5 Å². The maximum absolute atomic E-state index is 13.7. The molecule has 3 nitrogen and oxygen atoms in total. The number of hydrogen-bond acceptors (Lipinski definition) is 3. The molecule has 1 aliphatic heterocycles. The minimum absolute atomic E-state index is 0.148. The van der Waals surface area contributed by atoms with E-state index in [0.717, 1.165) is 19.0 Å². The van der Waals surface area contributed by atoms with Gasteiger partial charge in [-0.3, -0.25) is 0 Å². The number of phenols is 1. The number of aromatic hydroxyl groups is 1. The Labute approximate surface area is 101 Å². The Bertz CT molecular complexity index is 389. The molecule has 0 bridgehead atoms. The van der Waals surface area contributed by atoms with Crippen molar-refractivity contribution in [1.29, 1.82) is 0 Å². The molecule has 2 N–H and O–H groups in total. The summed E-state index contributed by atoms with van der Waals surface area (Å²) in [5, 5.41) is 12.8. The fourth-order valence-electron chi connectivity index (χ4n) is 2.27. The molecule has 1 aliphatic rings. The van der Waals surface area contributed by atoms with Crippen LogP contribution in [0.3, 0.4) is 0 Å². The molecule has 4 heteroatoms. The predicted octanol–water partition coefficient (Wildman–Crippen LogP) is 2.22. The summed E-state index contributed by atoms with van der Waals surface area (Å²) < 4.78 is 18.7. The largest absolute Gasteiger partial charge is 0.504 e. The zero-order valence-corrected chi connectivity index (χ0v) is 10.0. The lowest BCUT2D eigenvalue weighted by Crippen LogP contribution is -2.35. The molecule has 0 aromatic heterocycles. The second kappa shape index (κ2) is 5.36. The van der Waals surface area contributed by atoms with Crippen molar-refractivity contribution < 1.29 is 14.2 Å². The van der Waals surface area contributed by atoms with Crippen molar-refractivity contribution in [3.63, 3.8) is 0 Å². The third kappa shape index (κ3) is 2.88. The Morgan fingerprint density at radius 3 is 2.94 bits per heavy atom. The van der Waals surface area contributed by atoms with E-state index in [-0.39, 0.29) is 11.6 Å². The lowest BCUT2D eigenvalue weighted by atomic mass is 9.97. The van der Waals surface area contributed by atoms with Crippen LogP contribution in [0.4, 0.5) is 4.39 Å². The number of piperidine rings is 1.